The Bertz CT molecular complexity index is 564. The molecule has 0 bridgehead atoms. The SMILES string of the molecule is Cc1nnc(C(S)c2ncc([N+](=O)[O-])n2C)s1. The van der Waals surface area contributed by atoms with Gasteiger partial charge in [0.2, 0.25) is 5.82 Å². The van der Waals surface area contributed by atoms with Crippen molar-refractivity contribution in [2.75, 3.05) is 0 Å². The van der Waals surface area contributed by atoms with E-state index < -0.39 is 10.2 Å². The Kier molecular flexibility index (Phi) is 3.11. The molecule has 2 rings (SSSR count). The smallest absolute Gasteiger partial charge is 0.342 e. The lowest BCUT2D eigenvalue weighted by Crippen LogP contribution is -2.05. The fourth-order valence-electron chi connectivity index (χ4n) is 1.37. The summed E-state index contributed by atoms with van der Waals surface area (Å²) < 4.78 is 1.40. The van der Waals surface area contributed by atoms with Gasteiger partial charge in [-0.15, -0.1) is 21.5 Å². The van der Waals surface area contributed by atoms with Gasteiger partial charge in [0, 0.05) is 0 Å². The summed E-state index contributed by atoms with van der Waals surface area (Å²) in [5.41, 5.74) is 0. The molecule has 0 radical (unpaired) electrons. The number of nitro groups is 1. The van der Waals surface area contributed by atoms with Gasteiger partial charge in [0.25, 0.3) is 0 Å². The van der Waals surface area contributed by atoms with Gasteiger partial charge in [-0.25, -0.2) is 9.55 Å². The van der Waals surface area contributed by atoms with E-state index in [1.807, 2.05) is 6.92 Å². The molecular formula is C8H9N5O2S2. The van der Waals surface area contributed by atoms with Gasteiger partial charge < -0.3 is 10.1 Å². The number of hydrogen-bond acceptors (Lipinski definition) is 7. The second kappa shape index (κ2) is 4.41. The van der Waals surface area contributed by atoms with Crippen LogP contribution < -0.4 is 0 Å². The van der Waals surface area contributed by atoms with Crippen LogP contribution in [0.3, 0.4) is 0 Å². The average molecular weight is 271 g/mol. The number of hydrogen-bond donors (Lipinski definition) is 1. The third kappa shape index (κ3) is 2.15. The van der Waals surface area contributed by atoms with E-state index in [0.29, 0.717) is 10.8 Å². The van der Waals surface area contributed by atoms with E-state index in [9.17, 15) is 10.1 Å². The average Bonchev–Trinajstić information content (AvgIpc) is 2.83. The molecule has 0 fully saturated rings. The molecule has 2 aromatic rings. The molecule has 0 aliphatic carbocycles. The Morgan fingerprint density at radius 2 is 2.29 bits per heavy atom. The lowest BCUT2D eigenvalue weighted by Gasteiger charge is -2.03. The number of aryl methyl sites for hydroxylation is 1. The third-order valence-corrected chi connectivity index (χ3v) is 3.76. The summed E-state index contributed by atoms with van der Waals surface area (Å²) in [6.45, 7) is 1.84. The standard InChI is InChI=1S/C8H9N5O2S2/c1-4-10-11-8(17-4)6(16)7-9-3-5(12(7)2)13(14)15/h3,6,16H,1-2H3. The monoisotopic (exact) mass is 271 g/mol. The maximum Gasteiger partial charge on any atom is 0.342 e. The molecule has 0 saturated heterocycles. The molecular weight excluding hydrogens is 262 g/mol. The molecule has 2 aromatic heterocycles. The van der Waals surface area contributed by atoms with Gasteiger partial charge in [-0.2, -0.15) is 12.6 Å². The van der Waals surface area contributed by atoms with Crippen LogP contribution in [-0.2, 0) is 7.05 Å². The zero-order valence-electron chi connectivity index (χ0n) is 9.06. The van der Waals surface area contributed by atoms with Crippen molar-refractivity contribution >= 4 is 29.8 Å². The largest absolute Gasteiger partial charge is 0.358 e. The van der Waals surface area contributed by atoms with Crippen LogP contribution in [0.15, 0.2) is 6.20 Å². The highest BCUT2D eigenvalue weighted by Crippen LogP contribution is 2.30. The first-order valence-corrected chi connectivity index (χ1v) is 5.98. The quantitative estimate of drug-likeness (QED) is 0.519. The molecule has 0 spiro atoms. The van der Waals surface area contributed by atoms with Crippen LogP contribution in [-0.4, -0.2) is 24.7 Å². The minimum atomic E-state index is -0.484. The van der Waals surface area contributed by atoms with Gasteiger partial charge in [0.15, 0.2) is 0 Å². The first-order chi connectivity index (χ1) is 8.00. The Hall–Kier alpha value is -1.48. The number of aromatic nitrogens is 4. The molecule has 0 N–H and O–H groups in total. The summed E-state index contributed by atoms with van der Waals surface area (Å²) in [6.07, 6.45) is 1.21. The molecule has 0 saturated carbocycles. The highest BCUT2D eigenvalue weighted by Gasteiger charge is 2.25. The van der Waals surface area contributed by atoms with Crippen molar-refractivity contribution in [2.45, 2.75) is 12.2 Å². The summed E-state index contributed by atoms with van der Waals surface area (Å²) in [5.74, 6) is 0.413. The van der Waals surface area contributed by atoms with Crippen molar-refractivity contribution in [1.29, 1.82) is 0 Å². The Balaban J connectivity index is 2.38. The second-order valence-electron chi connectivity index (χ2n) is 3.35. The van der Waals surface area contributed by atoms with Gasteiger partial charge in [0.05, 0.1) is 7.05 Å². The highest BCUT2D eigenvalue weighted by molar-refractivity contribution is 7.80. The van der Waals surface area contributed by atoms with E-state index in [4.69, 9.17) is 0 Å². The minimum Gasteiger partial charge on any atom is -0.358 e. The molecule has 0 amide bonds. The van der Waals surface area contributed by atoms with Crippen LogP contribution in [0.4, 0.5) is 5.82 Å². The van der Waals surface area contributed by atoms with Crippen LogP contribution in [0, 0.1) is 17.0 Å². The maximum absolute atomic E-state index is 10.7. The van der Waals surface area contributed by atoms with Gasteiger partial charge in [-0.1, -0.05) is 0 Å². The van der Waals surface area contributed by atoms with E-state index in [1.54, 1.807) is 7.05 Å². The number of rotatable bonds is 3. The number of thiol groups is 1. The van der Waals surface area contributed by atoms with Crippen LogP contribution >= 0.6 is 24.0 Å². The molecule has 2 heterocycles. The van der Waals surface area contributed by atoms with Crippen LogP contribution in [0.25, 0.3) is 0 Å². The first kappa shape index (κ1) is 12.0. The lowest BCUT2D eigenvalue weighted by molar-refractivity contribution is -0.391. The van der Waals surface area contributed by atoms with Crippen molar-refractivity contribution in [2.24, 2.45) is 7.05 Å². The first-order valence-electron chi connectivity index (χ1n) is 4.64. The van der Waals surface area contributed by atoms with E-state index in [2.05, 4.69) is 27.8 Å². The molecule has 0 aromatic carbocycles. The van der Waals surface area contributed by atoms with Gasteiger partial charge in [-0.05, 0) is 11.8 Å². The molecule has 90 valence electrons. The topological polar surface area (TPSA) is 86.7 Å². The van der Waals surface area contributed by atoms with E-state index in [-0.39, 0.29) is 5.82 Å². The van der Waals surface area contributed by atoms with Gasteiger partial charge in [0.1, 0.15) is 21.5 Å². The molecule has 0 aliphatic rings. The second-order valence-corrected chi connectivity index (χ2v) is 5.08. The molecule has 17 heavy (non-hydrogen) atoms. The number of nitrogens with zero attached hydrogens (tertiary/aromatic N) is 5. The normalized spacial score (nSPS) is 12.6. The summed E-state index contributed by atoms with van der Waals surface area (Å²) in [6, 6.07) is 0. The van der Waals surface area contributed by atoms with E-state index in [1.165, 1.54) is 22.1 Å². The summed E-state index contributed by atoms with van der Waals surface area (Å²) in [4.78, 5) is 14.2. The molecule has 1 atom stereocenters. The minimum absolute atomic E-state index is 0.0692. The Morgan fingerprint density at radius 3 is 2.76 bits per heavy atom. The van der Waals surface area contributed by atoms with Gasteiger partial charge >= 0.3 is 5.82 Å². The summed E-state index contributed by atoms with van der Waals surface area (Å²) in [5, 5.41) is 19.6. The maximum atomic E-state index is 10.7. The van der Waals surface area contributed by atoms with Crippen molar-refractivity contribution in [3.05, 3.63) is 32.2 Å². The number of imidazole rings is 1. The Labute approximate surface area is 106 Å². The molecule has 7 nitrogen and oxygen atoms in total. The lowest BCUT2D eigenvalue weighted by atomic mass is 10.4. The van der Waals surface area contributed by atoms with Crippen LogP contribution in [0.1, 0.15) is 21.1 Å². The summed E-state index contributed by atoms with van der Waals surface area (Å²) in [7, 11) is 1.58. The zero-order valence-corrected chi connectivity index (χ0v) is 10.8. The predicted octanol–water partition coefficient (Wildman–Crippen LogP) is 1.51. The van der Waals surface area contributed by atoms with E-state index in [0.717, 1.165) is 5.01 Å². The highest BCUT2D eigenvalue weighted by atomic mass is 32.1. The zero-order chi connectivity index (χ0) is 12.6. The Morgan fingerprint density at radius 1 is 1.59 bits per heavy atom. The van der Waals surface area contributed by atoms with Crippen molar-refractivity contribution in [3.8, 4) is 0 Å². The molecule has 9 heteroatoms. The van der Waals surface area contributed by atoms with Gasteiger partial charge in [-0.3, -0.25) is 0 Å². The van der Waals surface area contributed by atoms with E-state index >= 15 is 0 Å². The van der Waals surface area contributed by atoms with Crippen LogP contribution in [0.5, 0.6) is 0 Å². The van der Waals surface area contributed by atoms with Crippen molar-refractivity contribution in [3.63, 3.8) is 0 Å². The van der Waals surface area contributed by atoms with Crippen molar-refractivity contribution < 1.29 is 4.92 Å². The fraction of sp³-hybridized carbons (Fsp3) is 0.375. The summed E-state index contributed by atoms with van der Waals surface area (Å²) >= 11 is 5.77. The predicted molar refractivity (Wildman–Crippen MR) is 65.3 cm³/mol. The molecule has 0 aliphatic heterocycles. The third-order valence-electron chi connectivity index (χ3n) is 2.21. The molecule has 1 unspecified atom stereocenters. The van der Waals surface area contributed by atoms with Crippen LogP contribution in [0.2, 0.25) is 0 Å². The fourth-order valence-corrected chi connectivity index (χ4v) is 2.50. The van der Waals surface area contributed by atoms with Crippen molar-refractivity contribution in [1.82, 2.24) is 19.7 Å².